The minimum absolute atomic E-state index is 0.363. The zero-order valence-corrected chi connectivity index (χ0v) is 20.8. The molecule has 0 unspecified atom stereocenters. The fourth-order valence-corrected chi connectivity index (χ4v) is 6.04. The van der Waals surface area contributed by atoms with Gasteiger partial charge in [-0.3, -0.25) is 4.90 Å². The molecular formula is C27H30F2N2O3S. The van der Waals surface area contributed by atoms with Crippen LogP contribution in [-0.4, -0.2) is 57.0 Å². The summed E-state index contributed by atoms with van der Waals surface area (Å²) in [5, 5.41) is 0. The fraction of sp³-hybridized carbons (Fsp3) is 0.333. The number of halogens is 2. The maximum atomic E-state index is 13.9. The van der Waals surface area contributed by atoms with Crippen LogP contribution < -0.4 is 0 Å². The van der Waals surface area contributed by atoms with Crippen molar-refractivity contribution in [3.63, 3.8) is 0 Å². The molecule has 4 rings (SSSR count). The normalized spacial score (nSPS) is 16.3. The summed E-state index contributed by atoms with van der Waals surface area (Å²) in [5.74, 6) is -1.80. The lowest BCUT2D eigenvalue weighted by Crippen LogP contribution is -2.49. The third-order valence-corrected chi connectivity index (χ3v) is 8.37. The number of sulfonamides is 1. The number of aryl methyl sites for hydroxylation is 2. The van der Waals surface area contributed by atoms with Crippen molar-refractivity contribution >= 4 is 10.0 Å². The second-order valence-electron chi connectivity index (χ2n) is 8.85. The van der Waals surface area contributed by atoms with Gasteiger partial charge in [-0.1, -0.05) is 48.5 Å². The second kappa shape index (κ2) is 11.0. The first kappa shape index (κ1) is 25.4. The van der Waals surface area contributed by atoms with Crippen LogP contribution in [0.5, 0.6) is 0 Å². The molecule has 3 aromatic carbocycles. The molecule has 0 spiro atoms. The first-order valence-corrected chi connectivity index (χ1v) is 13.1. The van der Waals surface area contributed by atoms with E-state index in [-0.39, 0.29) is 0 Å². The van der Waals surface area contributed by atoms with Gasteiger partial charge in [0.15, 0.2) is 11.6 Å². The highest BCUT2D eigenvalue weighted by atomic mass is 32.2. The maximum absolute atomic E-state index is 13.9. The smallest absolute Gasteiger partial charge is 0.243 e. The molecule has 0 saturated carbocycles. The molecule has 1 saturated heterocycles. The summed E-state index contributed by atoms with van der Waals surface area (Å²) in [6.07, 6.45) is -0.530. The zero-order chi connectivity index (χ0) is 25.0. The van der Waals surface area contributed by atoms with E-state index in [0.29, 0.717) is 49.8 Å². The Morgan fingerprint density at radius 3 is 2.26 bits per heavy atom. The molecule has 3 aromatic rings. The van der Waals surface area contributed by atoms with Gasteiger partial charge in [0, 0.05) is 32.7 Å². The van der Waals surface area contributed by atoms with Gasteiger partial charge in [0.1, 0.15) is 6.10 Å². The number of ether oxygens (including phenoxy) is 1. The molecule has 1 heterocycles. The van der Waals surface area contributed by atoms with E-state index in [1.165, 1.54) is 12.1 Å². The average Bonchev–Trinajstić information content (AvgIpc) is 2.86. The number of rotatable bonds is 8. The summed E-state index contributed by atoms with van der Waals surface area (Å²) in [6.45, 7) is 6.66. The average molecular weight is 501 g/mol. The largest absolute Gasteiger partial charge is 0.367 e. The van der Waals surface area contributed by atoms with Gasteiger partial charge in [-0.25, -0.2) is 17.2 Å². The van der Waals surface area contributed by atoms with Crippen LogP contribution >= 0.6 is 0 Å². The first-order chi connectivity index (χ1) is 16.8. The summed E-state index contributed by atoms with van der Waals surface area (Å²) in [6, 6.07) is 18.7. The summed E-state index contributed by atoms with van der Waals surface area (Å²) in [5.41, 5.74) is 3.05. The Hall–Kier alpha value is -2.65. The van der Waals surface area contributed by atoms with Crippen LogP contribution in [0.15, 0.2) is 71.6 Å². The Balaban J connectivity index is 1.37. The van der Waals surface area contributed by atoms with Gasteiger partial charge in [-0.15, -0.1) is 0 Å². The molecular weight excluding hydrogens is 470 g/mol. The number of hydrogen-bond acceptors (Lipinski definition) is 4. The quantitative estimate of drug-likeness (QED) is 0.450. The number of nitrogens with zero attached hydrogens (tertiary/aromatic N) is 2. The molecule has 0 N–H and O–H groups in total. The van der Waals surface area contributed by atoms with Gasteiger partial charge < -0.3 is 4.74 Å². The molecule has 1 atom stereocenters. The highest BCUT2D eigenvalue weighted by Gasteiger charge is 2.29. The Labute approximate surface area is 206 Å². The number of benzene rings is 3. The Bertz CT molecular complexity index is 1260. The summed E-state index contributed by atoms with van der Waals surface area (Å²) >= 11 is 0. The molecule has 0 aromatic heterocycles. The summed E-state index contributed by atoms with van der Waals surface area (Å²) in [7, 11) is -3.54. The number of piperazine rings is 1. The molecule has 1 aliphatic heterocycles. The van der Waals surface area contributed by atoms with Crippen LogP contribution in [0.25, 0.3) is 0 Å². The van der Waals surface area contributed by atoms with E-state index in [1.54, 1.807) is 10.4 Å². The first-order valence-electron chi connectivity index (χ1n) is 11.7. The lowest BCUT2D eigenvalue weighted by molar-refractivity contribution is 0.0525. The molecule has 186 valence electrons. The van der Waals surface area contributed by atoms with Gasteiger partial charge in [-0.2, -0.15) is 4.31 Å². The summed E-state index contributed by atoms with van der Waals surface area (Å²) in [4.78, 5) is 2.52. The van der Waals surface area contributed by atoms with E-state index in [0.717, 1.165) is 22.8 Å². The van der Waals surface area contributed by atoms with E-state index < -0.39 is 27.8 Å². The standard InChI is InChI=1S/C27H30F2N2O3S/c1-20-8-9-21(2)26(18-20)35(32,33)31-14-12-30(13-15-31)16-17-34-27(22-6-4-3-5-7-22)23-10-11-24(28)25(29)19-23/h3-11,18-19,27H,12-17H2,1-2H3/t27-/m0/s1. The number of hydrogen-bond donors (Lipinski definition) is 0. The van der Waals surface area contributed by atoms with Crippen LogP contribution in [0, 0.1) is 25.5 Å². The molecule has 0 radical (unpaired) electrons. The van der Waals surface area contributed by atoms with Crippen molar-refractivity contribution in [2.45, 2.75) is 24.8 Å². The van der Waals surface area contributed by atoms with Crippen molar-refractivity contribution in [1.82, 2.24) is 9.21 Å². The van der Waals surface area contributed by atoms with Crippen molar-refractivity contribution in [2.75, 3.05) is 39.3 Å². The lowest BCUT2D eigenvalue weighted by Gasteiger charge is -2.34. The minimum Gasteiger partial charge on any atom is -0.367 e. The van der Waals surface area contributed by atoms with Crippen LogP contribution in [0.1, 0.15) is 28.4 Å². The third kappa shape index (κ3) is 5.95. The zero-order valence-electron chi connectivity index (χ0n) is 20.0. The third-order valence-electron chi connectivity index (χ3n) is 6.33. The molecule has 1 aliphatic rings. The molecule has 35 heavy (non-hydrogen) atoms. The topological polar surface area (TPSA) is 49.9 Å². The van der Waals surface area contributed by atoms with Crippen LogP contribution in [0.4, 0.5) is 8.78 Å². The molecule has 5 nitrogen and oxygen atoms in total. The molecule has 0 aliphatic carbocycles. The van der Waals surface area contributed by atoms with E-state index in [1.807, 2.05) is 56.3 Å². The van der Waals surface area contributed by atoms with E-state index >= 15 is 0 Å². The van der Waals surface area contributed by atoms with Gasteiger partial charge in [-0.05, 0) is 54.3 Å². The highest BCUT2D eigenvalue weighted by Crippen LogP contribution is 2.27. The van der Waals surface area contributed by atoms with E-state index in [2.05, 4.69) is 4.90 Å². The van der Waals surface area contributed by atoms with E-state index in [9.17, 15) is 17.2 Å². The van der Waals surface area contributed by atoms with Gasteiger partial charge in [0.05, 0.1) is 11.5 Å². The van der Waals surface area contributed by atoms with Crippen molar-refractivity contribution in [1.29, 1.82) is 0 Å². The Morgan fingerprint density at radius 1 is 0.857 bits per heavy atom. The Morgan fingerprint density at radius 2 is 1.57 bits per heavy atom. The van der Waals surface area contributed by atoms with Crippen LogP contribution in [-0.2, 0) is 14.8 Å². The fourth-order valence-electron chi connectivity index (χ4n) is 4.31. The monoisotopic (exact) mass is 500 g/mol. The maximum Gasteiger partial charge on any atom is 0.243 e. The second-order valence-corrected chi connectivity index (χ2v) is 10.8. The van der Waals surface area contributed by atoms with Crippen molar-refractivity contribution in [3.8, 4) is 0 Å². The van der Waals surface area contributed by atoms with E-state index in [4.69, 9.17) is 4.74 Å². The van der Waals surface area contributed by atoms with Crippen molar-refractivity contribution < 1.29 is 21.9 Å². The molecule has 1 fully saturated rings. The van der Waals surface area contributed by atoms with Gasteiger partial charge in [0.25, 0.3) is 0 Å². The van der Waals surface area contributed by atoms with Gasteiger partial charge >= 0.3 is 0 Å². The predicted octanol–water partition coefficient (Wildman–Crippen LogP) is 4.69. The van der Waals surface area contributed by atoms with Crippen molar-refractivity contribution in [3.05, 3.63) is 101 Å². The Kier molecular flexibility index (Phi) is 7.96. The summed E-state index contributed by atoms with van der Waals surface area (Å²) < 4.78 is 61.3. The minimum atomic E-state index is -3.54. The molecule has 0 amide bonds. The lowest BCUT2D eigenvalue weighted by atomic mass is 10.0. The molecule has 8 heteroatoms. The highest BCUT2D eigenvalue weighted by molar-refractivity contribution is 7.89. The van der Waals surface area contributed by atoms with Crippen LogP contribution in [0.2, 0.25) is 0 Å². The van der Waals surface area contributed by atoms with Crippen LogP contribution in [0.3, 0.4) is 0 Å². The molecule has 0 bridgehead atoms. The van der Waals surface area contributed by atoms with Crippen molar-refractivity contribution in [2.24, 2.45) is 0 Å². The van der Waals surface area contributed by atoms with Gasteiger partial charge in [0.2, 0.25) is 10.0 Å². The SMILES string of the molecule is Cc1ccc(C)c(S(=O)(=O)N2CCN(CCO[C@@H](c3ccccc3)c3ccc(F)c(F)c3)CC2)c1. The predicted molar refractivity (Wildman–Crippen MR) is 132 cm³/mol.